The average Bonchev–Trinajstić information content (AvgIpc) is 2.39. The van der Waals surface area contributed by atoms with Gasteiger partial charge in [0.2, 0.25) is 0 Å². The van der Waals surface area contributed by atoms with Gasteiger partial charge >= 0.3 is 5.97 Å². The molecule has 0 spiro atoms. The molecule has 3 heteroatoms. The SMILES string of the molecule is CCC(CC)C(=O)O.CCCCCCCCCCN. The third kappa shape index (κ3) is 17.4. The van der Waals surface area contributed by atoms with E-state index < -0.39 is 5.97 Å². The highest BCUT2D eigenvalue weighted by Gasteiger charge is 2.10. The van der Waals surface area contributed by atoms with Crippen LogP contribution < -0.4 is 5.73 Å². The van der Waals surface area contributed by atoms with E-state index in [9.17, 15) is 4.79 Å². The van der Waals surface area contributed by atoms with Crippen molar-refractivity contribution >= 4 is 5.97 Å². The fraction of sp³-hybridized carbons (Fsp3) is 0.938. The number of rotatable bonds is 11. The Labute approximate surface area is 120 Å². The van der Waals surface area contributed by atoms with Gasteiger partial charge < -0.3 is 10.8 Å². The number of unbranched alkanes of at least 4 members (excludes halogenated alkanes) is 7. The Morgan fingerprint density at radius 1 is 0.895 bits per heavy atom. The van der Waals surface area contributed by atoms with Crippen molar-refractivity contribution in [2.75, 3.05) is 6.54 Å². The predicted molar refractivity (Wildman–Crippen MR) is 83.4 cm³/mol. The van der Waals surface area contributed by atoms with Crippen LogP contribution in [-0.4, -0.2) is 17.6 Å². The van der Waals surface area contributed by atoms with Crippen molar-refractivity contribution < 1.29 is 9.90 Å². The number of carboxylic acids is 1. The maximum absolute atomic E-state index is 10.2. The van der Waals surface area contributed by atoms with Crippen LogP contribution in [-0.2, 0) is 4.79 Å². The summed E-state index contributed by atoms with van der Waals surface area (Å²) in [5, 5.41) is 8.37. The summed E-state index contributed by atoms with van der Waals surface area (Å²) in [5.41, 5.74) is 5.39. The minimum absolute atomic E-state index is 0.130. The van der Waals surface area contributed by atoms with E-state index in [4.69, 9.17) is 10.8 Å². The first-order chi connectivity index (χ1) is 9.13. The van der Waals surface area contributed by atoms with Gasteiger partial charge in [0.15, 0.2) is 0 Å². The van der Waals surface area contributed by atoms with Crippen molar-refractivity contribution in [2.24, 2.45) is 11.7 Å². The maximum Gasteiger partial charge on any atom is 0.306 e. The molecular weight excluding hydrogens is 238 g/mol. The molecule has 0 aliphatic heterocycles. The number of carboxylic acid groups (broad SMARTS) is 1. The van der Waals surface area contributed by atoms with Gasteiger partial charge in [-0.05, 0) is 25.8 Å². The molecule has 0 aliphatic carbocycles. The average molecular weight is 273 g/mol. The molecule has 0 heterocycles. The second-order valence-electron chi connectivity index (χ2n) is 5.12. The van der Waals surface area contributed by atoms with Crippen molar-refractivity contribution in [1.82, 2.24) is 0 Å². The molecular formula is C16H35NO2. The maximum atomic E-state index is 10.2. The van der Waals surface area contributed by atoms with E-state index in [2.05, 4.69) is 6.92 Å². The Kier molecular flexibility index (Phi) is 19.0. The molecule has 0 atom stereocenters. The van der Waals surface area contributed by atoms with Crippen LogP contribution >= 0.6 is 0 Å². The molecule has 3 nitrogen and oxygen atoms in total. The number of nitrogens with two attached hydrogens (primary N) is 1. The molecule has 0 aliphatic rings. The highest BCUT2D eigenvalue weighted by Crippen LogP contribution is 2.07. The van der Waals surface area contributed by atoms with E-state index in [1.807, 2.05) is 13.8 Å². The van der Waals surface area contributed by atoms with Crippen LogP contribution in [0.1, 0.15) is 85.0 Å². The molecule has 0 aromatic carbocycles. The standard InChI is InChI=1S/C10H23N.C6H12O2/c1-2-3-4-5-6-7-8-9-10-11;1-3-5(4-2)6(7)8/h2-11H2,1H3;5H,3-4H2,1-2H3,(H,7,8). The molecule has 0 amide bonds. The Hall–Kier alpha value is -0.570. The lowest BCUT2D eigenvalue weighted by molar-refractivity contribution is -0.141. The van der Waals surface area contributed by atoms with Crippen molar-refractivity contribution in [2.45, 2.75) is 85.0 Å². The summed E-state index contributed by atoms with van der Waals surface area (Å²) in [7, 11) is 0. The number of carbonyl (C=O) groups is 1. The van der Waals surface area contributed by atoms with Gasteiger partial charge in [-0.15, -0.1) is 0 Å². The monoisotopic (exact) mass is 273 g/mol. The quantitative estimate of drug-likeness (QED) is 0.541. The van der Waals surface area contributed by atoms with Gasteiger partial charge in [0.25, 0.3) is 0 Å². The molecule has 0 radical (unpaired) electrons. The van der Waals surface area contributed by atoms with Crippen LogP contribution in [0, 0.1) is 5.92 Å². The van der Waals surface area contributed by atoms with Gasteiger partial charge in [0.05, 0.1) is 5.92 Å². The van der Waals surface area contributed by atoms with E-state index in [1.165, 1.54) is 51.4 Å². The molecule has 0 aromatic rings. The molecule has 0 unspecified atom stereocenters. The van der Waals surface area contributed by atoms with Crippen LogP contribution in [0.25, 0.3) is 0 Å². The highest BCUT2D eigenvalue weighted by molar-refractivity contribution is 5.69. The Morgan fingerprint density at radius 3 is 1.58 bits per heavy atom. The van der Waals surface area contributed by atoms with Crippen LogP contribution in [0.2, 0.25) is 0 Å². The van der Waals surface area contributed by atoms with Crippen molar-refractivity contribution in [3.05, 3.63) is 0 Å². The van der Waals surface area contributed by atoms with Crippen LogP contribution in [0.5, 0.6) is 0 Å². The number of hydrogen-bond donors (Lipinski definition) is 2. The first-order valence-corrected chi connectivity index (χ1v) is 8.06. The van der Waals surface area contributed by atoms with Crippen molar-refractivity contribution in [1.29, 1.82) is 0 Å². The van der Waals surface area contributed by atoms with E-state index in [-0.39, 0.29) is 5.92 Å². The van der Waals surface area contributed by atoms with E-state index in [0.29, 0.717) is 0 Å². The summed E-state index contributed by atoms with van der Waals surface area (Å²) in [6.45, 7) is 6.91. The second kappa shape index (κ2) is 17.4. The molecule has 19 heavy (non-hydrogen) atoms. The Bertz CT molecular complexity index is 172. The second-order valence-corrected chi connectivity index (χ2v) is 5.12. The predicted octanol–water partition coefficient (Wildman–Crippen LogP) is 4.59. The molecule has 3 N–H and O–H groups in total. The fourth-order valence-electron chi connectivity index (χ4n) is 1.92. The van der Waals surface area contributed by atoms with E-state index in [0.717, 1.165) is 19.4 Å². The molecule has 0 bridgehead atoms. The van der Waals surface area contributed by atoms with Crippen molar-refractivity contribution in [3.63, 3.8) is 0 Å². The minimum atomic E-state index is -0.671. The third-order valence-electron chi connectivity index (χ3n) is 3.39. The zero-order valence-corrected chi connectivity index (χ0v) is 13.3. The zero-order valence-electron chi connectivity index (χ0n) is 13.3. The summed E-state index contributed by atoms with van der Waals surface area (Å²) < 4.78 is 0. The van der Waals surface area contributed by atoms with Crippen LogP contribution in [0.4, 0.5) is 0 Å². The lowest BCUT2D eigenvalue weighted by Crippen LogP contribution is -2.10. The summed E-state index contributed by atoms with van der Waals surface area (Å²) in [4.78, 5) is 10.2. The Balaban J connectivity index is 0. The summed E-state index contributed by atoms with van der Waals surface area (Å²) in [6.07, 6.45) is 12.5. The molecule has 0 saturated heterocycles. The lowest BCUT2D eigenvalue weighted by atomic mass is 10.1. The van der Waals surface area contributed by atoms with E-state index >= 15 is 0 Å². The van der Waals surface area contributed by atoms with Crippen molar-refractivity contribution in [3.8, 4) is 0 Å². The normalized spacial score (nSPS) is 10.2. The van der Waals surface area contributed by atoms with Gasteiger partial charge in [-0.3, -0.25) is 4.79 Å². The summed E-state index contributed by atoms with van der Waals surface area (Å²) in [5.74, 6) is -0.801. The van der Waals surface area contributed by atoms with Gasteiger partial charge in [-0.2, -0.15) is 0 Å². The first kappa shape index (κ1) is 20.7. The first-order valence-electron chi connectivity index (χ1n) is 8.06. The third-order valence-corrected chi connectivity index (χ3v) is 3.39. The van der Waals surface area contributed by atoms with Crippen LogP contribution in [0.3, 0.4) is 0 Å². The molecule has 116 valence electrons. The number of hydrogen-bond acceptors (Lipinski definition) is 2. The zero-order chi connectivity index (χ0) is 14.9. The molecule has 0 fully saturated rings. The summed E-state index contributed by atoms with van der Waals surface area (Å²) >= 11 is 0. The minimum Gasteiger partial charge on any atom is -0.481 e. The lowest BCUT2D eigenvalue weighted by Gasteiger charge is -2.02. The van der Waals surface area contributed by atoms with Gasteiger partial charge in [-0.1, -0.05) is 65.7 Å². The van der Waals surface area contributed by atoms with Gasteiger partial charge in [0.1, 0.15) is 0 Å². The Morgan fingerprint density at radius 2 is 1.32 bits per heavy atom. The topological polar surface area (TPSA) is 63.3 Å². The van der Waals surface area contributed by atoms with Crippen LogP contribution in [0.15, 0.2) is 0 Å². The largest absolute Gasteiger partial charge is 0.481 e. The number of aliphatic carboxylic acids is 1. The highest BCUT2D eigenvalue weighted by atomic mass is 16.4. The molecule has 0 saturated carbocycles. The van der Waals surface area contributed by atoms with Gasteiger partial charge in [-0.25, -0.2) is 0 Å². The molecule has 0 rings (SSSR count). The molecule has 0 aromatic heterocycles. The summed E-state index contributed by atoms with van der Waals surface area (Å²) in [6, 6.07) is 0. The van der Waals surface area contributed by atoms with Gasteiger partial charge in [0, 0.05) is 0 Å². The van der Waals surface area contributed by atoms with E-state index in [1.54, 1.807) is 0 Å². The fourth-order valence-corrected chi connectivity index (χ4v) is 1.92. The smallest absolute Gasteiger partial charge is 0.306 e.